The van der Waals surface area contributed by atoms with Gasteiger partial charge in [0.25, 0.3) is 5.69 Å². The van der Waals surface area contributed by atoms with Crippen molar-refractivity contribution in [2.24, 2.45) is 5.10 Å². The van der Waals surface area contributed by atoms with Crippen LogP contribution >= 0.6 is 22.9 Å². The standard InChI is InChI=1S/C26H18ClN5O4S/c1-35-25-12-16(2-9-24(25)36-23-10-11-28-21-13-18(27)5-8-20(21)23)14-29-31-26-30-22(15-37-26)17-3-6-19(7-4-17)32(33)34/h2-15H,1H3,(H,30,31)/b29-14+. The topological polar surface area (TPSA) is 112 Å². The van der Waals surface area contributed by atoms with Gasteiger partial charge in [-0.2, -0.15) is 5.10 Å². The Balaban J connectivity index is 1.28. The largest absolute Gasteiger partial charge is 0.493 e. The highest BCUT2D eigenvalue weighted by atomic mass is 35.5. The molecule has 0 fully saturated rings. The molecule has 184 valence electrons. The zero-order valence-electron chi connectivity index (χ0n) is 19.3. The van der Waals surface area contributed by atoms with Gasteiger partial charge in [-0.3, -0.25) is 20.5 Å². The van der Waals surface area contributed by atoms with E-state index in [-0.39, 0.29) is 5.69 Å². The van der Waals surface area contributed by atoms with Crippen LogP contribution in [0.5, 0.6) is 17.2 Å². The summed E-state index contributed by atoms with van der Waals surface area (Å²) in [7, 11) is 1.57. The number of hydrogen-bond acceptors (Lipinski definition) is 9. The number of hydrogen-bond donors (Lipinski definition) is 1. The van der Waals surface area contributed by atoms with Crippen molar-refractivity contribution < 1.29 is 14.4 Å². The number of benzene rings is 3. The third-order valence-corrected chi connectivity index (χ3v) is 6.31. The van der Waals surface area contributed by atoms with E-state index in [0.29, 0.717) is 33.1 Å². The summed E-state index contributed by atoms with van der Waals surface area (Å²) in [4.78, 5) is 19.2. The molecule has 0 unspecified atom stereocenters. The first-order valence-electron chi connectivity index (χ1n) is 10.9. The molecule has 11 heteroatoms. The monoisotopic (exact) mass is 531 g/mol. The number of rotatable bonds is 8. The average Bonchev–Trinajstić information content (AvgIpc) is 3.38. The molecule has 0 aliphatic heterocycles. The molecule has 5 rings (SSSR count). The minimum absolute atomic E-state index is 0.0350. The SMILES string of the molecule is COc1cc(/C=N/Nc2nc(-c3ccc([N+](=O)[O-])cc3)cs2)ccc1Oc1ccnc2cc(Cl)ccc12. The van der Waals surface area contributed by atoms with E-state index in [1.165, 1.54) is 23.5 Å². The molecule has 2 aromatic heterocycles. The summed E-state index contributed by atoms with van der Waals surface area (Å²) >= 11 is 7.45. The Bertz CT molecular complexity index is 1620. The van der Waals surface area contributed by atoms with Crippen LogP contribution in [0, 0.1) is 10.1 Å². The number of methoxy groups -OCH3 is 1. The number of aromatic nitrogens is 2. The summed E-state index contributed by atoms with van der Waals surface area (Å²) in [5.74, 6) is 1.72. The molecule has 2 heterocycles. The quantitative estimate of drug-likeness (QED) is 0.128. The second-order valence-electron chi connectivity index (χ2n) is 7.69. The molecule has 1 N–H and O–H groups in total. The van der Waals surface area contributed by atoms with E-state index in [4.69, 9.17) is 21.1 Å². The van der Waals surface area contributed by atoms with Gasteiger partial charge in [-0.15, -0.1) is 11.3 Å². The van der Waals surface area contributed by atoms with Gasteiger partial charge in [-0.05, 0) is 60.2 Å². The van der Waals surface area contributed by atoms with Crippen LogP contribution in [0.3, 0.4) is 0 Å². The van der Waals surface area contributed by atoms with Crippen molar-refractivity contribution in [2.45, 2.75) is 0 Å². The number of nitro benzene ring substituents is 1. The average molecular weight is 532 g/mol. The number of fused-ring (bicyclic) bond motifs is 1. The van der Waals surface area contributed by atoms with Crippen LogP contribution in [0.4, 0.5) is 10.8 Å². The van der Waals surface area contributed by atoms with Crippen LogP contribution in [0.2, 0.25) is 5.02 Å². The second-order valence-corrected chi connectivity index (χ2v) is 8.99. The Morgan fingerprint density at radius 3 is 2.68 bits per heavy atom. The summed E-state index contributed by atoms with van der Waals surface area (Å²) in [6.07, 6.45) is 3.31. The number of nitrogens with one attached hydrogen (secondary N) is 1. The van der Waals surface area contributed by atoms with Gasteiger partial charge in [0.2, 0.25) is 5.13 Å². The second kappa shape index (κ2) is 10.6. The van der Waals surface area contributed by atoms with Gasteiger partial charge in [-0.1, -0.05) is 11.6 Å². The summed E-state index contributed by atoms with van der Waals surface area (Å²) in [6, 6.07) is 18.9. The highest BCUT2D eigenvalue weighted by molar-refractivity contribution is 7.14. The maximum absolute atomic E-state index is 10.8. The van der Waals surface area contributed by atoms with Gasteiger partial charge in [0, 0.05) is 39.7 Å². The lowest BCUT2D eigenvalue weighted by Crippen LogP contribution is -1.95. The Morgan fingerprint density at radius 1 is 1.05 bits per heavy atom. The zero-order chi connectivity index (χ0) is 25.8. The maximum Gasteiger partial charge on any atom is 0.269 e. The fraction of sp³-hybridized carbons (Fsp3) is 0.0385. The van der Waals surface area contributed by atoms with Gasteiger partial charge in [0.15, 0.2) is 11.5 Å². The minimum atomic E-state index is -0.433. The molecule has 0 atom stereocenters. The van der Waals surface area contributed by atoms with Crippen molar-refractivity contribution in [3.05, 3.63) is 99.0 Å². The molecule has 37 heavy (non-hydrogen) atoms. The lowest BCUT2D eigenvalue weighted by molar-refractivity contribution is -0.384. The van der Waals surface area contributed by atoms with Crippen molar-refractivity contribution in [1.82, 2.24) is 9.97 Å². The number of pyridine rings is 1. The Labute approximate surface area is 220 Å². The van der Waals surface area contributed by atoms with E-state index in [2.05, 4.69) is 20.5 Å². The molecule has 0 radical (unpaired) electrons. The molecular formula is C26H18ClN5O4S. The number of thiazole rings is 1. The van der Waals surface area contributed by atoms with Crippen LogP contribution in [0.1, 0.15) is 5.56 Å². The molecule has 9 nitrogen and oxygen atoms in total. The lowest BCUT2D eigenvalue weighted by atomic mass is 10.1. The van der Waals surface area contributed by atoms with E-state index in [9.17, 15) is 10.1 Å². The van der Waals surface area contributed by atoms with Crippen LogP contribution < -0.4 is 14.9 Å². The summed E-state index contributed by atoms with van der Waals surface area (Å²) in [5.41, 5.74) is 5.95. The van der Waals surface area contributed by atoms with Crippen LogP contribution in [-0.2, 0) is 0 Å². The molecule has 0 aliphatic rings. The van der Waals surface area contributed by atoms with Crippen molar-refractivity contribution in [3.8, 4) is 28.5 Å². The minimum Gasteiger partial charge on any atom is -0.493 e. The highest BCUT2D eigenvalue weighted by Gasteiger charge is 2.11. The maximum atomic E-state index is 10.8. The predicted octanol–water partition coefficient (Wildman–Crippen LogP) is 7.17. The normalized spacial score (nSPS) is 11.1. The third kappa shape index (κ3) is 5.50. The molecule has 0 saturated heterocycles. The fourth-order valence-corrected chi connectivity index (χ4v) is 4.36. The number of anilines is 1. The fourth-order valence-electron chi connectivity index (χ4n) is 3.52. The first-order valence-corrected chi connectivity index (χ1v) is 12.2. The van der Waals surface area contributed by atoms with Gasteiger partial charge in [0.05, 0.1) is 29.5 Å². The zero-order valence-corrected chi connectivity index (χ0v) is 20.9. The Morgan fingerprint density at radius 2 is 1.89 bits per heavy atom. The molecule has 0 saturated carbocycles. The van der Waals surface area contributed by atoms with Crippen molar-refractivity contribution in [1.29, 1.82) is 0 Å². The van der Waals surface area contributed by atoms with Gasteiger partial charge < -0.3 is 9.47 Å². The molecular weight excluding hydrogens is 514 g/mol. The number of non-ortho nitro benzene ring substituents is 1. The van der Waals surface area contributed by atoms with Crippen LogP contribution in [0.15, 0.2) is 83.4 Å². The third-order valence-electron chi connectivity index (χ3n) is 5.32. The number of ether oxygens (including phenoxy) is 2. The lowest BCUT2D eigenvalue weighted by Gasteiger charge is -2.12. The Hall–Kier alpha value is -4.54. The number of hydrazone groups is 1. The number of nitro groups is 1. The van der Waals surface area contributed by atoms with Crippen LogP contribution in [0.25, 0.3) is 22.2 Å². The molecule has 0 spiro atoms. The van der Waals surface area contributed by atoms with E-state index in [0.717, 1.165) is 22.0 Å². The highest BCUT2D eigenvalue weighted by Crippen LogP contribution is 2.35. The molecule has 5 aromatic rings. The predicted molar refractivity (Wildman–Crippen MR) is 145 cm³/mol. The van der Waals surface area contributed by atoms with Crippen molar-refractivity contribution in [3.63, 3.8) is 0 Å². The van der Waals surface area contributed by atoms with E-state index >= 15 is 0 Å². The summed E-state index contributed by atoms with van der Waals surface area (Å²) in [5, 5.41) is 19.0. The van der Waals surface area contributed by atoms with Crippen LogP contribution in [-0.4, -0.2) is 28.2 Å². The molecule has 0 bridgehead atoms. The first-order chi connectivity index (χ1) is 18.0. The molecule has 0 amide bonds. The summed E-state index contributed by atoms with van der Waals surface area (Å²) < 4.78 is 11.7. The van der Waals surface area contributed by atoms with E-state index in [1.807, 2.05) is 23.6 Å². The smallest absolute Gasteiger partial charge is 0.269 e. The van der Waals surface area contributed by atoms with Crippen molar-refractivity contribution >= 4 is 50.9 Å². The van der Waals surface area contributed by atoms with E-state index in [1.54, 1.807) is 55.9 Å². The van der Waals surface area contributed by atoms with Gasteiger partial charge in [-0.25, -0.2) is 4.98 Å². The van der Waals surface area contributed by atoms with Gasteiger partial charge in [0.1, 0.15) is 5.75 Å². The van der Waals surface area contributed by atoms with E-state index < -0.39 is 4.92 Å². The van der Waals surface area contributed by atoms with Crippen molar-refractivity contribution in [2.75, 3.05) is 12.5 Å². The summed E-state index contributed by atoms with van der Waals surface area (Å²) in [6.45, 7) is 0. The number of halogens is 1. The molecule has 0 aliphatic carbocycles. The first kappa shape index (κ1) is 24.2. The van der Waals surface area contributed by atoms with Gasteiger partial charge >= 0.3 is 0 Å². The molecule has 3 aromatic carbocycles. The number of nitrogens with zero attached hydrogens (tertiary/aromatic N) is 4. The Kier molecular flexibility index (Phi) is 6.93.